The van der Waals surface area contributed by atoms with Gasteiger partial charge in [0.2, 0.25) is 0 Å². The molecule has 230 valence electrons. The number of carbonyl (C=O) groups is 2. The first-order valence-corrected chi connectivity index (χ1v) is 13.7. The lowest BCUT2D eigenvalue weighted by atomic mass is 10.1. The molecular weight excluding hydrogens is 601 g/mol. The minimum Gasteiger partial charge on any atom is -0.475 e. The summed E-state index contributed by atoms with van der Waals surface area (Å²) in [5.74, 6) is -2.76. The number of aliphatic carboxylic acids is 1. The molecule has 2 amide bonds. The Morgan fingerprint density at radius 2 is 1.41 bits per heavy atom. The molecule has 14 heteroatoms. The van der Waals surface area contributed by atoms with E-state index in [1.54, 1.807) is 18.2 Å². The number of aromatic nitrogens is 2. The maximum absolute atomic E-state index is 12.7. The smallest absolute Gasteiger partial charge is 0.475 e. The number of carbonyl (C=O) groups excluding carboxylic acids is 1. The number of nitrogens with one attached hydrogen (secondary N) is 3. The van der Waals surface area contributed by atoms with Crippen molar-refractivity contribution in [2.45, 2.75) is 12.7 Å². The van der Waals surface area contributed by atoms with Crippen molar-refractivity contribution in [3.63, 3.8) is 0 Å². The summed E-state index contributed by atoms with van der Waals surface area (Å²) in [5, 5.41) is 20.7. The van der Waals surface area contributed by atoms with Crippen LogP contribution in [0.15, 0.2) is 89.7 Å². The Morgan fingerprint density at radius 3 is 1.95 bits per heavy atom. The molecule has 1 fully saturated rings. The van der Waals surface area contributed by atoms with E-state index in [0.29, 0.717) is 22.2 Å². The van der Waals surface area contributed by atoms with Crippen LogP contribution in [-0.2, 0) is 11.3 Å². The highest BCUT2D eigenvalue weighted by Crippen LogP contribution is 2.23. The van der Waals surface area contributed by atoms with Gasteiger partial charge in [0, 0.05) is 43.6 Å². The highest BCUT2D eigenvalue weighted by molar-refractivity contribution is 6.31. The first-order chi connectivity index (χ1) is 21.0. The van der Waals surface area contributed by atoms with Gasteiger partial charge >= 0.3 is 18.2 Å². The average molecular weight is 629 g/mol. The summed E-state index contributed by atoms with van der Waals surface area (Å²) in [5.41, 5.74) is 4.85. The Kier molecular flexibility index (Phi) is 10.6. The van der Waals surface area contributed by atoms with Gasteiger partial charge in [0.25, 0.3) is 5.56 Å². The zero-order valence-corrected chi connectivity index (χ0v) is 23.9. The average Bonchev–Trinajstić information content (AvgIpc) is 3.01. The fourth-order valence-electron chi connectivity index (χ4n) is 4.23. The second kappa shape index (κ2) is 14.5. The molecule has 0 bridgehead atoms. The van der Waals surface area contributed by atoms with Gasteiger partial charge in [0.05, 0.1) is 12.2 Å². The molecule has 0 saturated carbocycles. The SMILES string of the molecule is O=C(Nc1ccc(Cn2nc(Cl)c(N3CCNCC3)cc2=O)cc1)Nc1ccc(-c2ccccc2)cc1.O=C(O)C(F)(F)F. The molecule has 1 saturated heterocycles. The summed E-state index contributed by atoms with van der Waals surface area (Å²) < 4.78 is 33.1. The third-order valence-electron chi connectivity index (χ3n) is 6.43. The van der Waals surface area contributed by atoms with E-state index in [9.17, 15) is 22.8 Å². The van der Waals surface area contributed by atoms with Crippen LogP contribution in [0, 0.1) is 0 Å². The number of benzene rings is 3. The highest BCUT2D eigenvalue weighted by atomic mass is 35.5. The van der Waals surface area contributed by atoms with E-state index in [1.807, 2.05) is 66.7 Å². The number of carboxylic acid groups (broad SMARTS) is 1. The van der Waals surface area contributed by atoms with Crippen LogP contribution in [0.5, 0.6) is 0 Å². The first-order valence-electron chi connectivity index (χ1n) is 13.4. The highest BCUT2D eigenvalue weighted by Gasteiger charge is 2.38. The Bertz CT molecular complexity index is 1630. The number of piperazine rings is 1. The van der Waals surface area contributed by atoms with Gasteiger partial charge in [-0.1, -0.05) is 66.2 Å². The number of rotatable bonds is 6. The number of alkyl halides is 3. The molecule has 10 nitrogen and oxygen atoms in total. The van der Waals surface area contributed by atoms with Gasteiger partial charge in [0.15, 0.2) is 5.15 Å². The lowest BCUT2D eigenvalue weighted by Crippen LogP contribution is -2.44. The minimum atomic E-state index is -5.08. The van der Waals surface area contributed by atoms with Gasteiger partial charge < -0.3 is 26.0 Å². The number of hydrogen-bond donors (Lipinski definition) is 4. The minimum absolute atomic E-state index is 0.210. The summed E-state index contributed by atoms with van der Waals surface area (Å²) >= 11 is 6.40. The number of halogens is 4. The molecule has 0 unspecified atom stereocenters. The van der Waals surface area contributed by atoms with Crippen LogP contribution in [-0.4, -0.2) is 59.2 Å². The van der Waals surface area contributed by atoms with Gasteiger partial charge in [-0.15, -0.1) is 0 Å². The second-order valence-corrected chi connectivity index (χ2v) is 9.93. The standard InChI is InChI=1S/C28H27ClN6O2.C2HF3O2/c29-27-25(34-16-14-30-15-17-34)18-26(36)35(33-27)19-20-6-10-23(11-7-20)31-28(37)32-24-12-8-22(9-13-24)21-4-2-1-3-5-21;3-2(4,5)1(6)7/h1-13,18,30H,14-17,19H2,(H2,31,32,37);(H,6,7). The third-order valence-corrected chi connectivity index (χ3v) is 6.70. The Morgan fingerprint density at radius 1 is 0.886 bits per heavy atom. The number of carboxylic acids is 1. The number of urea groups is 1. The predicted molar refractivity (Wildman–Crippen MR) is 162 cm³/mol. The number of amides is 2. The van der Waals surface area contributed by atoms with Crippen molar-refractivity contribution in [1.82, 2.24) is 15.1 Å². The Hall–Kier alpha value is -4.88. The Labute approximate surface area is 255 Å². The van der Waals surface area contributed by atoms with E-state index < -0.39 is 12.1 Å². The van der Waals surface area contributed by atoms with Crippen LogP contribution < -0.4 is 26.4 Å². The summed E-state index contributed by atoms with van der Waals surface area (Å²) in [6, 6.07) is 26.2. The lowest BCUT2D eigenvalue weighted by molar-refractivity contribution is -0.192. The van der Waals surface area contributed by atoms with Crippen LogP contribution in [0.25, 0.3) is 11.1 Å². The predicted octanol–water partition coefficient (Wildman–Crippen LogP) is 5.30. The fraction of sp³-hybridized carbons (Fsp3) is 0.200. The molecule has 0 atom stereocenters. The van der Waals surface area contributed by atoms with Crippen LogP contribution in [0.4, 0.5) is 35.0 Å². The number of anilines is 3. The summed E-state index contributed by atoms with van der Waals surface area (Å²) in [6.45, 7) is 3.54. The number of hydrogen-bond acceptors (Lipinski definition) is 6. The van der Waals surface area contributed by atoms with Crippen LogP contribution in [0.1, 0.15) is 5.56 Å². The quantitative estimate of drug-likeness (QED) is 0.228. The van der Waals surface area contributed by atoms with Crippen molar-refractivity contribution >= 4 is 40.7 Å². The fourth-order valence-corrected chi connectivity index (χ4v) is 4.50. The molecule has 1 aliphatic heterocycles. The molecule has 5 rings (SSSR count). The number of nitrogens with zero attached hydrogens (tertiary/aromatic N) is 3. The molecular formula is C30H28ClF3N6O4. The van der Waals surface area contributed by atoms with Crippen molar-refractivity contribution in [2.75, 3.05) is 41.7 Å². The molecule has 4 aromatic rings. The summed E-state index contributed by atoms with van der Waals surface area (Å²) in [4.78, 5) is 36.1. The molecule has 3 aromatic carbocycles. The van der Waals surface area contributed by atoms with Gasteiger partial charge in [-0.05, 0) is 41.0 Å². The Balaban J connectivity index is 0.000000566. The first kappa shape index (κ1) is 32.0. The summed E-state index contributed by atoms with van der Waals surface area (Å²) in [7, 11) is 0. The van der Waals surface area contributed by atoms with E-state index in [1.165, 1.54) is 4.68 Å². The summed E-state index contributed by atoms with van der Waals surface area (Å²) in [6.07, 6.45) is -5.08. The molecule has 0 radical (unpaired) electrons. The maximum Gasteiger partial charge on any atom is 0.490 e. The van der Waals surface area contributed by atoms with Gasteiger partial charge in [-0.25, -0.2) is 14.3 Å². The monoisotopic (exact) mass is 628 g/mol. The molecule has 0 aliphatic carbocycles. The van der Waals surface area contributed by atoms with E-state index >= 15 is 0 Å². The van der Waals surface area contributed by atoms with Crippen LogP contribution in [0.3, 0.4) is 0 Å². The van der Waals surface area contributed by atoms with Crippen molar-refractivity contribution in [1.29, 1.82) is 0 Å². The van der Waals surface area contributed by atoms with Crippen molar-refractivity contribution in [2.24, 2.45) is 0 Å². The lowest BCUT2D eigenvalue weighted by Gasteiger charge is -2.29. The molecule has 1 aliphatic rings. The molecule has 4 N–H and O–H groups in total. The van der Waals surface area contributed by atoms with Crippen LogP contribution >= 0.6 is 11.6 Å². The van der Waals surface area contributed by atoms with Gasteiger partial charge in [-0.2, -0.15) is 18.3 Å². The zero-order valence-electron chi connectivity index (χ0n) is 23.1. The third kappa shape index (κ3) is 9.06. The van der Waals surface area contributed by atoms with Crippen molar-refractivity contribution in [3.8, 4) is 11.1 Å². The second-order valence-electron chi connectivity index (χ2n) is 9.58. The van der Waals surface area contributed by atoms with Crippen LogP contribution in [0.2, 0.25) is 5.15 Å². The normalized spacial score (nSPS) is 13.0. The topological polar surface area (TPSA) is 129 Å². The van der Waals surface area contributed by atoms with E-state index in [0.717, 1.165) is 42.9 Å². The van der Waals surface area contributed by atoms with Crippen molar-refractivity contribution in [3.05, 3.63) is 106 Å². The van der Waals surface area contributed by atoms with Gasteiger partial charge in [0.1, 0.15) is 0 Å². The maximum atomic E-state index is 12.7. The van der Waals surface area contributed by atoms with Gasteiger partial charge in [-0.3, -0.25) is 4.79 Å². The zero-order chi connectivity index (χ0) is 31.7. The van der Waals surface area contributed by atoms with Crippen molar-refractivity contribution < 1.29 is 27.9 Å². The largest absolute Gasteiger partial charge is 0.490 e. The molecule has 0 spiro atoms. The molecule has 44 heavy (non-hydrogen) atoms. The molecule has 1 aromatic heterocycles. The molecule has 2 heterocycles. The van der Waals surface area contributed by atoms with E-state index in [2.05, 4.69) is 25.9 Å². The van der Waals surface area contributed by atoms with E-state index in [-0.39, 0.29) is 18.1 Å². The van der Waals surface area contributed by atoms with E-state index in [4.69, 9.17) is 21.5 Å².